The largest absolute Gasteiger partial charge is 0.448 e. The second-order valence-corrected chi connectivity index (χ2v) is 5.72. The molecule has 1 fully saturated rings. The number of ether oxygens (including phenoxy) is 1. The molecular formula is C14H29N3O2. The smallest absolute Gasteiger partial charge is 0.409 e. The maximum Gasteiger partial charge on any atom is 0.409 e. The van der Waals surface area contributed by atoms with Crippen LogP contribution in [0.4, 0.5) is 4.79 Å². The van der Waals surface area contributed by atoms with Gasteiger partial charge in [-0.3, -0.25) is 4.90 Å². The summed E-state index contributed by atoms with van der Waals surface area (Å²) in [6, 6.07) is 0.598. The number of hydrogen-bond acceptors (Lipinski definition) is 4. The molecule has 1 saturated heterocycles. The van der Waals surface area contributed by atoms with E-state index in [0.29, 0.717) is 18.6 Å². The quantitative estimate of drug-likeness (QED) is 0.756. The number of likely N-dealkylation sites (N-methyl/N-ethyl adjacent to an activating group) is 1. The van der Waals surface area contributed by atoms with Crippen molar-refractivity contribution in [2.75, 3.05) is 53.9 Å². The average molecular weight is 271 g/mol. The van der Waals surface area contributed by atoms with E-state index < -0.39 is 0 Å². The van der Waals surface area contributed by atoms with Crippen molar-refractivity contribution in [3.63, 3.8) is 0 Å². The molecule has 0 spiro atoms. The standard InChI is InChI=1S/C14H29N3O2/c1-6-17-8-7-13(12(2)11-17)16(5)9-10-19-14(18)15(3)4/h12-13H,6-11H2,1-5H3/t12-,13-/m1/s1. The number of likely N-dealkylation sites (tertiary alicyclic amines) is 1. The fraction of sp³-hybridized carbons (Fsp3) is 0.929. The van der Waals surface area contributed by atoms with Gasteiger partial charge in [-0.2, -0.15) is 0 Å². The number of carbonyl (C=O) groups is 1. The molecule has 5 nitrogen and oxygen atoms in total. The monoisotopic (exact) mass is 271 g/mol. The van der Waals surface area contributed by atoms with E-state index in [-0.39, 0.29) is 6.09 Å². The molecule has 0 radical (unpaired) electrons. The number of nitrogens with zero attached hydrogens (tertiary/aromatic N) is 3. The Morgan fingerprint density at radius 3 is 2.58 bits per heavy atom. The average Bonchev–Trinajstić information content (AvgIpc) is 2.37. The number of piperidine rings is 1. The highest BCUT2D eigenvalue weighted by molar-refractivity contribution is 5.66. The van der Waals surface area contributed by atoms with E-state index in [2.05, 4.69) is 30.7 Å². The first-order valence-electron chi connectivity index (χ1n) is 7.22. The summed E-state index contributed by atoms with van der Waals surface area (Å²) in [6.45, 7) is 9.29. The Bertz CT molecular complexity index is 284. The van der Waals surface area contributed by atoms with Crippen molar-refractivity contribution >= 4 is 6.09 Å². The van der Waals surface area contributed by atoms with Gasteiger partial charge in [0.25, 0.3) is 0 Å². The van der Waals surface area contributed by atoms with Gasteiger partial charge in [0.05, 0.1) is 0 Å². The van der Waals surface area contributed by atoms with E-state index >= 15 is 0 Å². The third-order valence-electron chi connectivity index (χ3n) is 3.99. The van der Waals surface area contributed by atoms with Crippen molar-refractivity contribution in [2.24, 2.45) is 5.92 Å². The van der Waals surface area contributed by atoms with Gasteiger partial charge < -0.3 is 14.5 Å². The fourth-order valence-electron chi connectivity index (χ4n) is 2.73. The lowest BCUT2D eigenvalue weighted by atomic mass is 9.93. The highest BCUT2D eigenvalue weighted by atomic mass is 16.6. The van der Waals surface area contributed by atoms with Crippen LogP contribution >= 0.6 is 0 Å². The molecule has 1 heterocycles. The Morgan fingerprint density at radius 1 is 1.37 bits per heavy atom. The van der Waals surface area contributed by atoms with Gasteiger partial charge in [-0.25, -0.2) is 4.79 Å². The van der Waals surface area contributed by atoms with Crippen molar-refractivity contribution in [3.8, 4) is 0 Å². The van der Waals surface area contributed by atoms with Gasteiger partial charge in [-0.15, -0.1) is 0 Å². The predicted molar refractivity (Wildman–Crippen MR) is 77.3 cm³/mol. The highest BCUT2D eigenvalue weighted by Crippen LogP contribution is 2.20. The molecule has 1 rings (SSSR count). The third kappa shape index (κ3) is 4.99. The molecule has 1 aliphatic rings. The molecule has 19 heavy (non-hydrogen) atoms. The van der Waals surface area contributed by atoms with Crippen molar-refractivity contribution in [3.05, 3.63) is 0 Å². The molecule has 0 unspecified atom stereocenters. The molecule has 5 heteroatoms. The Kier molecular flexibility index (Phi) is 6.58. The van der Waals surface area contributed by atoms with Gasteiger partial charge in [0, 0.05) is 33.2 Å². The summed E-state index contributed by atoms with van der Waals surface area (Å²) in [5.74, 6) is 0.670. The van der Waals surface area contributed by atoms with Gasteiger partial charge in [0.2, 0.25) is 0 Å². The van der Waals surface area contributed by atoms with E-state index in [9.17, 15) is 4.79 Å². The summed E-state index contributed by atoms with van der Waals surface area (Å²) in [5.41, 5.74) is 0. The SMILES string of the molecule is CCN1CC[C@@H](N(C)CCOC(=O)N(C)C)[C@H](C)C1. The number of hydrogen-bond donors (Lipinski definition) is 0. The van der Waals surface area contributed by atoms with Crippen molar-refractivity contribution in [2.45, 2.75) is 26.3 Å². The van der Waals surface area contributed by atoms with Gasteiger partial charge >= 0.3 is 6.09 Å². The van der Waals surface area contributed by atoms with E-state index in [0.717, 1.165) is 13.1 Å². The molecule has 0 saturated carbocycles. The Morgan fingerprint density at radius 2 is 2.05 bits per heavy atom. The first kappa shape index (κ1) is 16.2. The number of carbonyl (C=O) groups excluding carboxylic acids is 1. The summed E-state index contributed by atoms with van der Waals surface area (Å²) < 4.78 is 5.18. The van der Waals surface area contributed by atoms with E-state index in [1.807, 2.05) is 0 Å². The summed E-state index contributed by atoms with van der Waals surface area (Å²) in [4.78, 5) is 17.6. The summed E-state index contributed by atoms with van der Waals surface area (Å²) >= 11 is 0. The Hall–Kier alpha value is -0.810. The Labute approximate surface area is 117 Å². The topological polar surface area (TPSA) is 36.0 Å². The minimum atomic E-state index is -0.262. The zero-order valence-electron chi connectivity index (χ0n) is 13.1. The lowest BCUT2D eigenvalue weighted by Gasteiger charge is -2.41. The Balaban J connectivity index is 2.29. The third-order valence-corrected chi connectivity index (χ3v) is 3.99. The molecule has 0 aromatic heterocycles. The van der Waals surface area contributed by atoms with Gasteiger partial charge in [0.1, 0.15) is 6.61 Å². The van der Waals surface area contributed by atoms with Gasteiger partial charge in [-0.1, -0.05) is 13.8 Å². The van der Waals surface area contributed by atoms with Crippen LogP contribution in [0.5, 0.6) is 0 Å². The van der Waals surface area contributed by atoms with Crippen LogP contribution in [0.3, 0.4) is 0 Å². The van der Waals surface area contributed by atoms with Crippen LogP contribution < -0.4 is 0 Å². The summed E-state index contributed by atoms with van der Waals surface area (Å²) in [7, 11) is 5.54. The number of amides is 1. The maximum atomic E-state index is 11.3. The van der Waals surface area contributed by atoms with Crippen LogP contribution in [0, 0.1) is 5.92 Å². The zero-order chi connectivity index (χ0) is 14.4. The summed E-state index contributed by atoms with van der Waals surface area (Å²) in [6.07, 6.45) is 0.940. The maximum absolute atomic E-state index is 11.3. The van der Waals surface area contributed by atoms with Crippen molar-refractivity contribution in [1.29, 1.82) is 0 Å². The second-order valence-electron chi connectivity index (χ2n) is 5.72. The van der Waals surface area contributed by atoms with Gasteiger partial charge in [-0.05, 0) is 32.5 Å². The summed E-state index contributed by atoms with van der Waals surface area (Å²) in [5, 5.41) is 0. The van der Waals surface area contributed by atoms with Crippen molar-refractivity contribution in [1.82, 2.24) is 14.7 Å². The molecule has 0 aromatic rings. The van der Waals surface area contributed by atoms with Crippen LogP contribution in [0.2, 0.25) is 0 Å². The van der Waals surface area contributed by atoms with E-state index in [1.54, 1.807) is 14.1 Å². The molecule has 1 aliphatic heterocycles. The molecule has 0 bridgehead atoms. The lowest BCUT2D eigenvalue weighted by Crippen LogP contribution is -2.49. The number of rotatable bonds is 5. The molecular weight excluding hydrogens is 242 g/mol. The first-order valence-corrected chi connectivity index (χ1v) is 7.22. The molecule has 0 aliphatic carbocycles. The van der Waals surface area contributed by atoms with Crippen LogP contribution in [-0.2, 0) is 4.74 Å². The molecule has 1 amide bonds. The van der Waals surface area contributed by atoms with Crippen LogP contribution in [0.1, 0.15) is 20.3 Å². The van der Waals surface area contributed by atoms with E-state index in [1.165, 1.54) is 24.4 Å². The zero-order valence-corrected chi connectivity index (χ0v) is 13.1. The van der Waals surface area contributed by atoms with Gasteiger partial charge in [0.15, 0.2) is 0 Å². The normalized spacial score (nSPS) is 24.5. The van der Waals surface area contributed by atoms with Crippen LogP contribution in [-0.4, -0.2) is 80.8 Å². The predicted octanol–water partition coefficient (Wildman–Crippen LogP) is 1.35. The molecule has 0 aromatic carbocycles. The van der Waals surface area contributed by atoms with Crippen molar-refractivity contribution < 1.29 is 9.53 Å². The molecule has 2 atom stereocenters. The fourth-order valence-corrected chi connectivity index (χ4v) is 2.73. The van der Waals surface area contributed by atoms with Crippen LogP contribution in [0.25, 0.3) is 0 Å². The molecule has 112 valence electrons. The first-order chi connectivity index (χ1) is 8.95. The minimum absolute atomic E-state index is 0.262. The highest BCUT2D eigenvalue weighted by Gasteiger charge is 2.28. The van der Waals surface area contributed by atoms with E-state index in [4.69, 9.17) is 4.74 Å². The second kappa shape index (κ2) is 7.70. The lowest BCUT2D eigenvalue weighted by molar-refractivity contribution is 0.0600. The molecule has 0 N–H and O–H groups in total. The minimum Gasteiger partial charge on any atom is -0.448 e. The van der Waals surface area contributed by atoms with Crippen LogP contribution in [0.15, 0.2) is 0 Å².